The van der Waals surface area contributed by atoms with Gasteiger partial charge >= 0.3 is 5.69 Å². The lowest BCUT2D eigenvalue weighted by atomic mass is 9.97. The molecule has 8 aromatic rings. The van der Waals surface area contributed by atoms with Crippen molar-refractivity contribution in [2.45, 2.75) is 0 Å². The highest BCUT2D eigenvalue weighted by Gasteiger charge is 2.14. The molecule has 0 saturated carbocycles. The fraction of sp³-hybridized carbons (Fsp3) is 0.0476. The third-order valence-corrected chi connectivity index (χ3v) is 8.88. The molecule has 0 fully saturated rings. The third kappa shape index (κ3) is 5.29. The zero-order valence-electron chi connectivity index (χ0n) is 26.6. The second kappa shape index (κ2) is 12.1. The molecule has 0 unspecified atom stereocenters. The van der Waals surface area contributed by atoms with Crippen LogP contribution in [-0.4, -0.2) is 24.1 Å². The Balaban J connectivity index is 1.06. The van der Waals surface area contributed by atoms with Crippen molar-refractivity contribution in [3.8, 4) is 67.5 Å². The summed E-state index contributed by atoms with van der Waals surface area (Å²) in [5, 5.41) is 0. The highest BCUT2D eigenvalue weighted by Crippen LogP contribution is 2.32. The first-order valence-corrected chi connectivity index (χ1v) is 15.9. The Kier molecular flexibility index (Phi) is 7.31. The van der Waals surface area contributed by atoms with Crippen molar-refractivity contribution >= 4 is 11.0 Å². The first-order chi connectivity index (χ1) is 23.5. The molecule has 6 aromatic carbocycles. The average molecular weight is 622 g/mol. The molecule has 0 aliphatic rings. The highest BCUT2D eigenvalue weighted by molar-refractivity contribution is 5.93. The standard InChI is InChI=1S/C42H31N5O/c1-46-37-15-9-14-36(38(37)47(2)42(46)48)32-24-20-30(21-25-32)28-16-18-29(19-17-28)31-22-26-35(27-23-31)41-44-39(33-10-5-3-6-11-33)43-40(45-41)34-12-7-4-8-13-34/h3-27H,1-2H3. The van der Waals surface area contributed by atoms with Crippen LogP contribution in [-0.2, 0) is 14.1 Å². The van der Waals surface area contributed by atoms with Crippen LogP contribution in [0.2, 0.25) is 0 Å². The molecule has 0 spiro atoms. The maximum atomic E-state index is 12.6. The summed E-state index contributed by atoms with van der Waals surface area (Å²) in [5.41, 5.74) is 11.3. The van der Waals surface area contributed by atoms with Gasteiger partial charge in [-0.25, -0.2) is 19.7 Å². The summed E-state index contributed by atoms with van der Waals surface area (Å²) in [7, 11) is 3.64. The Morgan fingerprint density at radius 3 is 1.19 bits per heavy atom. The van der Waals surface area contributed by atoms with E-state index in [1.54, 1.807) is 9.13 Å². The molecule has 6 nitrogen and oxygen atoms in total. The van der Waals surface area contributed by atoms with Gasteiger partial charge in [0.05, 0.1) is 11.0 Å². The van der Waals surface area contributed by atoms with Crippen molar-refractivity contribution in [3.05, 3.63) is 162 Å². The SMILES string of the molecule is Cn1c(=O)n(C)c2c(-c3ccc(-c4ccc(-c5ccc(-c6nc(-c7ccccc7)nc(-c7ccccc7)n6)cc5)cc4)cc3)cccc21. The van der Waals surface area contributed by atoms with Gasteiger partial charge in [-0.05, 0) is 33.9 Å². The second-order valence-corrected chi connectivity index (χ2v) is 11.8. The molecule has 8 rings (SSSR count). The van der Waals surface area contributed by atoms with E-state index in [0.29, 0.717) is 17.5 Å². The smallest absolute Gasteiger partial charge is 0.295 e. The van der Waals surface area contributed by atoms with Crippen LogP contribution in [0.25, 0.3) is 78.6 Å². The predicted molar refractivity (Wildman–Crippen MR) is 194 cm³/mol. The lowest BCUT2D eigenvalue weighted by Gasteiger charge is -2.10. The molecule has 2 aromatic heterocycles. The van der Waals surface area contributed by atoms with E-state index in [1.165, 1.54) is 0 Å². The molecule has 230 valence electrons. The number of nitrogens with zero attached hydrogens (tertiary/aromatic N) is 5. The van der Waals surface area contributed by atoms with Gasteiger partial charge in [0.1, 0.15) is 0 Å². The highest BCUT2D eigenvalue weighted by atomic mass is 16.1. The van der Waals surface area contributed by atoms with Crippen molar-refractivity contribution < 1.29 is 0 Å². The third-order valence-electron chi connectivity index (χ3n) is 8.88. The molecule has 0 radical (unpaired) electrons. The van der Waals surface area contributed by atoms with E-state index in [1.807, 2.05) is 86.9 Å². The quantitative estimate of drug-likeness (QED) is 0.186. The maximum absolute atomic E-state index is 12.6. The molecule has 0 bridgehead atoms. The molecule has 2 heterocycles. The van der Waals surface area contributed by atoms with Crippen LogP contribution in [0.3, 0.4) is 0 Å². The molecule has 0 saturated heterocycles. The minimum absolute atomic E-state index is 0.0242. The number of aromatic nitrogens is 5. The number of aryl methyl sites for hydroxylation is 2. The van der Waals surface area contributed by atoms with Crippen molar-refractivity contribution in [3.63, 3.8) is 0 Å². The van der Waals surface area contributed by atoms with Gasteiger partial charge in [-0.15, -0.1) is 0 Å². The van der Waals surface area contributed by atoms with E-state index in [9.17, 15) is 4.79 Å². The van der Waals surface area contributed by atoms with E-state index in [2.05, 4.69) is 78.9 Å². The number of imidazole rings is 1. The largest absolute Gasteiger partial charge is 0.328 e. The molecule has 0 amide bonds. The van der Waals surface area contributed by atoms with Gasteiger partial charge in [0.25, 0.3) is 0 Å². The molecule has 0 atom stereocenters. The zero-order chi connectivity index (χ0) is 32.6. The van der Waals surface area contributed by atoms with E-state index in [-0.39, 0.29) is 5.69 Å². The number of para-hydroxylation sites is 1. The summed E-state index contributed by atoms with van der Waals surface area (Å²) in [6, 6.07) is 51.6. The van der Waals surface area contributed by atoms with Gasteiger partial charge < -0.3 is 0 Å². The average Bonchev–Trinajstić information content (AvgIpc) is 3.39. The van der Waals surface area contributed by atoms with Gasteiger partial charge in [0.15, 0.2) is 17.5 Å². The molecule has 0 N–H and O–H groups in total. The molecule has 48 heavy (non-hydrogen) atoms. The van der Waals surface area contributed by atoms with Crippen molar-refractivity contribution in [1.29, 1.82) is 0 Å². The molecule has 6 heteroatoms. The number of hydrogen-bond acceptors (Lipinski definition) is 4. The fourth-order valence-electron chi connectivity index (χ4n) is 6.26. The van der Waals surface area contributed by atoms with Crippen LogP contribution in [0.4, 0.5) is 0 Å². The lowest BCUT2D eigenvalue weighted by Crippen LogP contribution is -2.19. The monoisotopic (exact) mass is 621 g/mol. The minimum atomic E-state index is -0.0242. The van der Waals surface area contributed by atoms with Crippen LogP contribution in [0.5, 0.6) is 0 Å². The van der Waals surface area contributed by atoms with Crippen LogP contribution in [0, 0.1) is 0 Å². The number of benzene rings is 6. The number of rotatable bonds is 6. The van der Waals surface area contributed by atoms with Crippen molar-refractivity contribution in [1.82, 2.24) is 24.1 Å². The topological polar surface area (TPSA) is 65.6 Å². The van der Waals surface area contributed by atoms with Crippen molar-refractivity contribution in [2.24, 2.45) is 14.1 Å². The van der Waals surface area contributed by atoms with Gasteiger partial charge in [0, 0.05) is 36.3 Å². The summed E-state index contributed by atoms with van der Waals surface area (Å²) in [6.45, 7) is 0. The van der Waals surface area contributed by atoms with E-state index < -0.39 is 0 Å². The van der Waals surface area contributed by atoms with E-state index >= 15 is 0 Å². The van der Waals surface area contributed by atoms with E-state index in [0.717, 1.165) is 61.1 Å². The first-order valence-electron chi connectivity index (χ1n) is 15.9. The van der Waals surface area contributed by atoms with Crippen LogP contribution in [0.15, 0.2) is 156 Å². The van der Waals surface area contributed by atoms with Crippen LogP contribution < -0.4 is 5.69 Å². The van der Waals surface area contributed by atoms with E-state index in [4.69, 9.17) is 15.0 Å². The van der Waals surface area contributed by atoms with Crippen molar-refractivity contribution in [2.75, 3.05) is 0 Å². The summed E-state index contributed by atoms with van der Waals surface area (Å²) >= 11 is 0. The Morgan fingerprint density at radius 2 is 0.750 bits per heavy atom. The Labute approximate surface area is 278 Å². The normalized spacial score (nSPS) is 11.2. The number of fused-ring (bicyclic) bond motifs is 1. The predicted octanol–water partition coefficient (Wildman–Crippen LogP) is 9.06. The maximum Gasteiger partial charge on any atom is 0.328 e. The molecular formula is C42H31N5O. The summed E-state index contributed by atoms with van der Waals surface area (Å²) in [4.78, 5) is 27.1. The summed E-state index contributed by atoms with van der Waals surface area (Å²) in [6.07, 6.45) is 0. The summed E-state index contributed by atoms with van der Waals surface area (Å²) in [5.74, 6) is 1.93. The van der Waals surface area contributed by atoms with Crippen LogP contribution in [0.1, 0.15) is 0 Å². The fourth-order valence-corrected chi connectivity index (χ4v) is 6.26. The number of hydrogen-bond donors (Lipinski definition) is 0. The summed E-state index contributed by atoms with van der Waals surface area (Å²) < 4.78 is 3.41. The van der Waals surface area contributed by atoms with Gasteiger partial charge in [-0.1, -0.05) is 146 Å². The lowest BCUT2D eigenvalue weighted by molar-refractivity contribution is 0.795. The molecule has 0 aliphatic heterocycles. The van der Waals surface area contributed by atoms with Gasteiger partial charge in [-0.2, -0.15) is 0 Å². The Bertz CT molecular complexity index is 2390. The molecular weight excluding hydrogens is 590 g/mol. The Morgan fingerprint density at radius 1 is 0.375 bits per heavy atom. The zero-order valence-corrected chi connectivity index (χ0v) is 26.6. The Hall–Kier alpha value is -6.40. The van der Waals surface area contributed by atoms with Gasteiger partial charge in [0.2, 0.25) is 0 Å². The second-order valence-electron chi connectivity index (χ2n) is 11.8. The van der Waals surface area contributed by atoms with Crippen LogP contribution >= 0.6 is 0 Å². The first kappa shape index (κ1) is 29.0. The molecule has 0 aliphatic carbocycles. The van der Waals surface area contributed by atoms with Gasteiger partial charge in [-0.3, -0.25) is 9.13 Å². The minimum Gasteiger partial charge on any atom is -0.295 e.